The molecule has 1 saturated heterocycles. The number of nitrogens with zero attached hydrogens (tertiary/aromatic N) is 6. The first-order valence-corrected chi connectivity index (χ1v) is 10.8. The Bertz CT molecular complexity index is 1040. The van der Waals surface area contributed by atoms with Gasteiger partial charge in [-0.15, -0.1) is 0 Å². The molecule has 0 atom stereocenters. The van der Waals surface area contributed by atoms with Crippen molar-refractivity contribution in [1.29, 1.82) is 0 Å². The highest BCUT2D eigenvalue weighted by Gasteiger charge is 2.35. The van der Waals surface area contributed by atoms with Crippen LogP contribution in [0.1, 0.15) is 24.0 Å². The molecule has 0 aromatic carbocycles. The van der Waals surface area contributed by atoms with Gasteiger partial charge in [-0.25, -0.2) is 8.42 Å². The molecule has 9 nitrogen and oxygen atoms in total. The Morgan fingerprint density at radius 3 is 2.27 bits per heavy atom. The molecule has 0 saturated carbocycles. The van der Waals surface area contributed by atoms with Gasteiger partial charge in [0.1, 0.15) is 11.4 Å². The summed E-state index contributed by atoms with van der Waals surface area (Å²) < 4.78 is 68.0. The van der Waals surface area contributed by atoms with Crippen molar-refractivity contribution in [3.63, 3.8) is 0 Å². The number of piperazine rings is 1. The van der Waals surface area contributed by atoms with Gasteiger partial charge in [0, 0.05) is 44.6 Å². The second kappa shape index (κ2) is 8.02. The van der Waals surface area contributed by atoms with E-state index in [1.165, 1.54) is 22.3 Å². The lowest BCUT2D eigenvalue weighted by Gasteiger charge is -2.34. The highest BCUT2D eigenvalue weighted by Crippen LogP contribution is 2.28. The number of carbonyl (C=O) groups is 1. The molecule has 0 unspecified atom stereocenters. The molecule has 0 radical (unpaired) electrons. The van der Waals surface area contributed by atoms with Crippen LogP contribution >= 0.6 is 0 Å². The molecule has 13 heteroatoms. The maximum Gasteiger partial charge on any atom is 0.435 e. The summed E-state index contributed by atoms with van der Waals surface area (Å²) in [4.78, 5) is 14.1. The molecule has 2 aromatic rings. The minimum absolute atomic E-state index is 0.0940. The van der Waals surface area contributed by atoms with Crippen LogP contribution in [0, 0.1) is 13.8 Å². The van der Waals surface area contributed by atoms with E-state index in [0.717, 1.165) is 10.7 Å². The van der Waals surface area contributed by atoms with Crippen LogP contribution in [0.5, 0.6) is 0 Å². The number of hydrogen-bond acceptors (Lipinski definition) is 5. The van der Waals surface area contributed by atoms with Crippen LogP contribution in [0.2, 0.25) is 0 Å². The van der Waals surface area contributed by atoms with Crippen LogP contribution in [0.4, 0.5) is 13.2 Å². The molecular weight excluding hydrogens is 425 g/mol. The monoisotopic (exact) mass is 448 g/mol. The maximum absolute atomic E-state index is 12.9. The Balaban J connectivity index is 1.64. The van der Waals surface area contributed by atoms with Gasteiger partial charge in [-0.05, 0) is 26.8 Å². The van der Waals surface area contributed by atoms with Crippen LogP contribution in [0.15, 0.2) is 17.2 Å². The first kappa shape index (κ1) is 22.3. The van der Waals surface area contributed by atoms with Crippen molar-refractivity contribution >= 4 is 15.9 Å². The quantitative estimate of drug-likeness (QED) is 0.687. The number of sulfonamides is 1. The molecule has 0 bridgehead atoms. The molecule has 0 aliphatic carbocycles. The molecule has 1 aliphatic heterocycles. The minimum Gasteiger partial charge on any atom is -0.338 e. The second-order valence-electron chi connectivity index (χ2n) is 7.05. The van der Waals surface area contributed by atoms with Gasteiger partial charge in [0.05, 0.1) is 5.69 Å². The fourth-order valence-corrected chi connectivity index (χ4v) is 4.86. The zero-order valence-corrected chi connectivity index (χ0v) is 17.7. The molecule has 166 valence electrons. The molecular formula is C17H23F3N6O3S. The first-order valence-electron chi connectivity index (χ1n) is 9.37. The standard InChI is InChI=1S/C17H23F3N6O3S/c1-4-24-10-14(13(3)21-24)30(28,29)25-7-5-23(6-8-25)16(27)11-26-12(2)9-15(22-26)17(18,19)20/h9-10H,4-8,11H2,1-3H3. The van der Waals surface area contributed by atoms with Gasteiger partial charge >= 0.3 is 6.18 Å². The Labute approximate surface area is 172 Å². The van der Waals surface area contributed by atoms with Crippen molar-refractivity contribution in [3.05, 3.63) is 29.3 Å². The Hall–Kier alpha value is -2.41. The third-order valence-electron chi connectivity index (χ3n) is 4.99. The number of aromatic nitrogens is 4. The summed E-state index contributed by atoms with van der Waals surface area (Å²) in [5.41, 5.74) is -0.419. The molecule has 1 fully saturated rings. The van der Waals surface area contributed by atoms with Crippen molar-refractivity contribution in [1.82, 2.24) is 28.8 Å². The van der Waals surface area contributed by atoms with Crippen molar-refractivity contribution in [2.75, 3.05) is 26.2 Å². The lowest BCUT2D eigenvalue weighted by atomic mass is 10.3. The number of halogens is 3. The van der Waals surface area contributed by atoms with E-state index in [9.17, 15) is 26.4 Å². The zero-order chi connectivity index (χ0) is 22.3. The van der Waals surface area contributed by atoms with Crippen molar-refractivity contribution in [2.45, 2.75) is 44.9 Å². The third kappa shape index (κ3) is 4.36. The molecule has 30 heavy (non-hydrogen) atoms. The zero-order valence-electron chi connectivity index (χ0n) is 16.8. The number of amides is 1. The molecule has 0 spiro atoms. The minimum atomic E-state index is -4.58. The average molecular weight is 448 g/mol. The van der Waals surface area contributed by atoms with Crippen LogP contribution in [-0.2, 0) is 34.1 Å². The van der Waals surface area contributed by atoms with Gasteiger partial charge in [-0.1, -0.05) is 0 Å². The van der Waals surface area contributed by atoms with Gasteiger partial charge < -0.3 is 4.90 Å². The summed E-state index contributed by atoms with van der Waals surface area (Å²) in [5.74, 6) is -0.415. The van der Waals surface area contributed by atoms with Crippen LogP contribution in [0.3, 0.4) is 0 Å². The van der Waals surface area contributed by atoms with Gasteiger partial charge in [0.15, 0.2) is 5.69 Å². The fraction of sp³-hybridized carbons (Fsp3) is 0.588. The maximum atomic E-state index is 12.9. The fourth-order valence-electron chi connectivity index (χ4n) is 3.27. The van der Waals surface area contributed by atoms with E-state index in [4.69, 9.17) is 0 Å². The largest absolute Gasteiger partial charge is 0.435 e. The molecule has 1 aliphatic rings. The number of alkyl halides is 3. The van der Waals surface area contributed by atoms with Gasteiger partial charge in [-0.2, -0.15) is 27.7 Å². The Morgan fingerprint density at radius 1 is 1.13 bits per heavy atom. The van der Waals surface area contributed by atoms with Gasteiger partial charge in [-0.3, -0.25) is 14.2 Å². The van der Waals surface area contributed by atoms with E-state index >= 15 is 0 Å². The SMILES string of the molecule is CCn1cc(S(=O)(=O)N2CCN(C(=O)Cn3nc(C(F)(F)F)cc3C)CC2)c(C)n1. The molecule has 2 aromatic heterocycles. The summed E-state index contributed by atoms with van der Waals surface area (Å²) >= 11 is 0. The summed E-state index contributed by atoms with van der Waals surface area (Å²) in [6, 6.07) is 0.886. The first-order chi connectivity index (χ1) is 13.9. The summed E-state index contributed by atoms with van der Waals surface area (Å²) in [6.07, 6.45) is -3.09. The smallest absolute Gasteiger partial charge is 0.338 e. The predicted octanol–water partition coefficient (Wildman–Crippen LogP) is 1.27. The normalized spacial score (nSPS) is 16.3. The van der Waals surface area contributed by atoms with Crippen LogP contribution in [0.25, 0.3) is 0 Å². The van der Waals surface area contributed by atoms with Crippen LogP contribution in [-0.4, -0.2) is 69.3 Å². The van der Waals surface area contributed by atoms with Gasteiger partial charge in [0.2, 0.25) is 15.9 Å². The number of rotatable bonds is 5. The summed E-state index contributed by atoms with van der Waals surface area (Å²) in [7, 11) is -3.74. The Kier molecular flexibility index (Phi) is 5.96. The van der Waals surface area contributed by atoms with Crippen molar-refractivity contribution in [2.24, 2.45) is 0 Å². The summed E-state index contributed by atoms with van der Waals surface area (Å²) in [5, 5.41) is 7.62. The third-order valence-corrected chi connectivity index (χ3v) is 6.99. The van der Waals surface area contributed by atoms with E-state index in [0.29, 0.717) is 12.2 Å². The Morgan fingerprint density at radius 2 is 1.77 bits per heavy atom. The molecule has 3 rings (SSSR count). The van der Waals surface area contributed by atoms with E-state index in [1.807, 2.05) is 6.92 Å². The predicted molar refractivity (Wildman–Crippen MR) is 99.9 cm³/mol. The van der Waals surface area contributed by atoms with Crippen LogP contribution < -0.4 is 0 Å². The van der Waals surface area contributed by atoms with E-state index in [1.54, 1.807) is 11.6 Å². The lowest BCUT2D eigenvalue weighted by molar-refractivity contribution is -0.142. The highest BCUT2D eigenvalue weighted by molar-refractivity contribution is 7.89. The lowest BCUT2D eigenvalue weighted by Crippen LogP contribution is -2.51. The van der Waals surface area contributed by atoms with Crippen molar-refractivity contribution < 1.29 is 26.4 Å². The highest BCUT2D eigenvalue weighted by atomic mass is 32.2. The molecule has 0 N–H and O–H groups in total. The van der Waals surface area contributed by atoms with E-state index < -0.39 is 27.8 Å². The topological polar surface area (TPSA) is 93.3 Å². The van der Waals surface area contributed by atoms with E-state index in [-0.39, 0.29) is 43.3 Å². The van der Waals surface area contributed by atoms with E-state index in [2.05, 4.69) is 10.2 Å². The van der Waals surface area contributed by atoms with Crippen molar-refractivity contribution in [3.8, 4) is 0 Å². The average Bonchev–Trinajstić information content (AvgIpc) is 3.24. The molecule has 1 amide bonds. The summed E-state index contributed by atoms with van der Waals surface area (Å²) in [6.45, 7) is 5.61. The second-order valence-corrected chi connectivity index (χ2v) is 8.95. The molecule has 3 heterocycles. The van der Waals surface area contributed by atoms with Gasteiger partial charge in [0.25, 0.3) is 0 Å². The number of hydrogen-bond donors (Lipinski definition) is 0. The number of carbonyl (C=O) groups excluding carboxylic acids is 1. The number of aryl methyl sites for hydroxylation is 3.